The number of nitrogens with zero attached hydrogens (tertiary/aromatic N) is 1. The van der Waals surface area contributed by atoms with Crippen LogP contribution in [0.3, 0.4) is 0 Å². The highest BCUT2D eigenvalue weighted by Gasteiger charge is 2.34. The van der Waals surface area contributed by atoms with Crippen LogP contribution in [-0.4, -0.2) is 50.4 Å². The monoisotopic (exact) mass is 455 g/mol. The van der Waals surface area contributed by atoms with Crippen molar-refractivity contribution in [2.45, 2.75) is 58.3 Å². The van der Waals surface area contributed by atoms with Gasteiger partial charge in [0.1, 0.15) is 5.75 Å². The predicted octanol–water partition coefficient (Wildman–Crippen LogP) is 4.30. The standard InChI is InChI=1S/C26H37N3O4/c1-17(27-25(30)28-26(2,3)4)24-21-15-23(33-7)22(32-6)14-19(21)11-12-29(24)16-18-9-8-10-20(13-18)31-5/h8-10,13-15,17,24H,11-12,16H2,1-7H3,(H2,27,28,30)/t17-,24-/m1/s1. The van der Waals surface area contributed by atoms with E-state index >= 15 is 0 Å². The molecular weight excluding hydrogens is 418 g/mol. The van der Waals surface area contributed by atoms with Gasteiger partial charge in [-0.05, 0) is 75.1 Å². The highest BCUT2D eigenvalue weighted by atomic mass is 16.5. The van der Waals surface area contributed by atoms with Gasteiger partial charge in [-0.15, -0.1) is 0 Å². The minimum Gasteiger partial charge on any atom is -0.497 e. The Balaban J connectivity index is 1.96. The van der Waals surface area contributed by atoms with Crippen molar-refractivity contribution in [1.29, 1.82) is 0 Å². The predicted molar refractivity (Wildman–Crippen MR) is 130 cm³/mol. The van der Waals surface area contributed by atoms with Crippen molar-refractivity contribution in [1.82, 2.24) is 15.5 Å². The summed E-state index contributed by atoms with van der Waals surface area (Å²) in [5.41, 5.74) is 3.20. The Morgan fingerprint density at radius 1 is 1.09 bits per heavy atom. The SMILES string of the molecule is COc1cccc(CN2CCc3cc(OC)c(OC)cc3[C@H]2[C@@H](C)NC(=O)NC(C)(C)C)c1. The molecule has 3 rings (SSSR count). The highest BCUT2D eigenvalue weighted by Crippen LogP contribution is 2.40. The number of carbonyl (C=O) groups excluding carboxylic acids is 1. The first-order valence-electron chi connectivity index (χ1n) is 11.4. The minimum absolute atomic E-state index is 0.0366. The Kier molecular flexibility index (Phi) is 7.74. The number of methoxy groups -OCH3 is 3. The summed E-state index contributed by atoms with van der Waals surface area (Å²) in [6.45, 7) is 9.56. The molecule has 7 heteroatoms. The summed E-state index contributed by atoms with van der Waals surface area (Å²) in [6, 6.07) is 11.9. The summed E-state index contributed by atoms with van der Waals surface area (Å²) in [4.78, 5) is 15.1. The van der Waals surface area contributed by atoms with E-state index in [1.807, 2.05) is 32.9 Å². The number of urea groups is 1. The quantitative estimate of drug-likeness (QED) is 0.651. The van der Waals surface area contributed by atoms with Gasteiger partial charge < -0.3 is 24.8 Å². The Morgan fingerprint density at radius 2 is 1.79 bits per heavy atom. The molecule has 0 saturated heterocycles. The molecule has 0 aliphatic carbocycles. The van der Waals surface area contributed by atoms with Gasteiger partial charge in [0.15, 0.2) is 11.5 Å². The number of carbonyl (C=O) groups is 1. The first-order valence-corrected chi connectivity index (χ1v) is 11.4. The van der Waals surface area contributed by atoms with Gasteiger partial charge in [-0.2, -0.15) is 0 Å². The summed E-state index contributed by atoms with van der Waals surface area (Å²) in [6.07, 6.45) is 0.886. The van der Waals surface area contributed by atoms with E-state index in [9.17, 15) is 4.79 Å². The fourth-order valence-corrected chi connectivity index (χ4v) is 4.46. The summed E-state index contributed by atoms with van der Waals surface area (Å²) in [5, 5.41) is 6.17. The molecule has 1 heterocycles. The zero-order chi connectivity index (χ0) is 24.2. The molecule has 2 aromatic rings. The minimum atomic E-state index is -0.314. The van der Waals surface area contributed by atoms with Gasteiger partial charge in [0.25, 0.3) is 0 Å². The van der Waals surface area contributed by atoms with Crippen LogP contribution in [-0.2, 0) is 13.0 Å². The van der Waals surface area contributed by atoms with Gasteiger partial charge in [-0.3, -0.25) is 4.90 Å². The lowest BCUT2D eigenvalue weighted by Gasteiger charge is -2.41. The van der Waals surface area contributed by atoms with Crippen LogP contribution in [0.5, 0.6) is 17.2 Å². The Hall–Kier alpha value is -2.93. The lowest BCUT2D eigenvalue weighted by molar-refractivity contribution is 0.142. The Labute approximate surface area is 197 Å². The number of hydrogen-bond donors (Lipinski definition) is 2. The van der Waals surface area contributed by atoms with E-state index in [1.165, 1.54) is 5.56 Å². The zero-order valence-corrected chi connectivity index (χ0v) is 20.8. The first-order chi connectivity index (χ1) is 15.6. The number of amides is 2. The van der Waals surface area contributed by atoms with E-state index in [1.54, 1.807) is 21.3 Å². The van der Waals surface area contributed by atoms with Crippen LogP contribution in [0.2, 0.25) is 0 Å². The number of fused-ring (bicyclic) bond motifs is 1. The molecule has 2 N–H and O–H groups in total. The summed E-state index contributed by atoms with van der Waals surface area (Å²) >= 11 is 0. The fraction of sp³-hybridized carbons (Fsp3) is 0.500. The maximum absolute atomic E-state index is 12.7. The molecule has 2 aromatic carbocycles. The first kappa shape index (κ1) is 24.7. The lowest BCUT2D eigenvalue weighted by atomic mass is 9.87. The molecule has 0 saturated carbocycles. The molecule has 0 spiro atoms. The normalized spacial score (nSPS) is 17.0. The van der Waals surface area contributed by atoms with E-state index in [0.29, 0.717) is 5.75 Å². The molecule has 1 aliphatic rings. The van der Waals surface area contributed by atoms with Crippen LogP contribution in [0.1, 0.15) is 50.4 Å². The largest absolute Gasteiger partial charge is 0.497 e. The van der Waals surface area contributed by atoms with Crippen LogP contribution in [0.4, 0.5) is 4.79 Å². The summed E-state index contributed by atoms with van der Waals surface area (Å²) in [5.74, 6) is 2.25. The van der Waals surface area contributed by atoms with Gasteiger partial charge in [0.05, 0.1) is 27.4 Å². The van der Waals surface area contributed by atoms with Crippen molar-refractivity contribution in [3.8, 4) is 17.2 Å². The lowest BCUT2D eigenvalue weighted by Crippen LogP contribution is -2.53. The molecule has 0 unspecified atom stereocenters. The number of rotatable bonds is 7. The van der Waals surface area contributed by atoms with Crippen molar-refractivity contribution < 1.29 is 19.0 Å². The second-order valence-electron chi connectivity index (χ2n) is 9.56. The van der Waals surface area contributed by atoms with Crippen LogP contribution >= 0.6 is 0 Å². The van der Waals surface area contributed by atoms with Crippen molar-refractivity contribution in [2.24, 2.45) is 0 Å². The van der Waals surface area contributed by atoms with Gasteiger partial charge in [-0.25, -0.2) is 4.79 Å². The third-order valence-electron chi connectivity index (χ3n) is 5.87. The molecule has 0 fully saturated rings. The van der Waals surface area contributed by atoms with E-state index in [2.05, 4.69) is 46.7 Å². The van der Waals surface area contributed by atoms with Crippen molar-refractivity contribution in [3.63, 3.8) is 0 Å². The third-order valence-corrected chi connectivity index (χ3v) is 5.87. The summed E-state index contributed by atoms with van der Waals surface area (Å²) < 4.78 is 16.5. The van der Waals surface area contributed by atoms with Gasteiger partial charge in [-0.1, -0.05) is 12.1 Å². The fourth-order valence-electron chi connectivity index (χ4n) is 4.46. The number of ether oxygens (including phenoxy) is 3. The molecular formula is C26H37N3O4. The Bertz CT molecular complexity index is 970. The molecule has 7 nitrogen and oxygen atoms in total. The second-order valence-corrected chi connectivity index (χ2v) is 9.56. The highest BCUT2D eigenvalue weighted by molar-refractivity contribution is 5.75. The molecule has 2 amide bonds. The third kappa shape index (κ3) is 6.11. The van der Waals surface area contributed by atoms with E-state index in [0.717, 1.165) is 42.1 Å². The van der Waals surface area contributed by atoms with E-state index < -0.39 is 0 Å². The van der Waals surface area contributed by atoms with Crippen LogP contribution in [0, 0.1) is 0 Å². The van der Waals surface area contributed by atoms with E-state index in [-0.39, 0.29) is 23.7 Å². The van der Waals surface area contributed by atoms with Crippen molar-refractivity contribution in [3.05, 3.63) is 53.1 Å². The van der Waals surface area contributed by atoms with Crippen molar-refractivity contribution in [2.75, 3.05) is 27.9 Å². The molecule has 2 atom stereocenters. The molecule has 33 heavy (non-hydrogen) atoms. The van der Waals surface area contributed by atoms with E-state index in [4.69, 9.17) is 14.2 Å². The van der Waals surface area contributed by atoms with Gasteiger partial charge in [0, 0.05) is 24.7 Å². The van der Waals surface area contributed by atoms with Gasteiger partial charge in [0.2, 0.25) is 0 Å². The van der Waals surface area contributed by atoms with Crippen molar-refractivity contribution >= 4 is 6.03 Å². The molecule has 180 valence electrons. The molecule has 0 bridgehead atoms. The van der Waals surface area contributed by atoms with Crippen LogP contribution < -0.4 is 24.8 Å². The molecule has 0 aromatic heterocycles. The maximum atomic E-state index is 12.7. The number of benzene rings is 2. The maximum Gasteiger partial charge on any atom is 0.315 e. The zero-order valence-electron chi connectivity index (χ0n) is 20.8. The average molecular weight is 456 g/mol. The topological polar surface area (TPSA) is 72.1 Å². The summed E-state index contributed by atoms with van der Waals surface area (Å²) in [7, 11) is 4.98. The average Bonchev–Trinajstić information content (AvgIpc) is 2.76. The number of nitrogens with one attached hydrogen (secondary N) is 2. The number of hydrogen-bond acceptors (Lipinski definition) is 5. The van der Waals surface area contributed by atoms with Crippen LogP contribution in [0.25, 0.3) is 0 Å². The second kappa shape index (κ2) is 10.3. The molecule has 0 radical (unpaired) electrons. The van der Waals surface area contributed by atoms with Crippen LogP contribution in [0.15, 0.2) is 36.4 Å². The van der Waals surface area contributed by atoms with Gasteiger partial charge >= 0.3 is 6.03 Å². The molecule has 1 aliphatic heterocycles. The Morgan fingerprint density at radius 3 is 2.42 bits per heavy atom. The smallest absolute Gasteiger partial charge is 0.315 e.